The van der Waals surface area contributed by atoms with Crippen molar-refractivity contribution in [2.75, 3.05) is 13.7 Å². The fraction of sp³-hybridized carbons (Fsp3) is 0.500. The molecule has 0 fully saturated rings. The van der Waals surface area contributed by atoms with Crippen LogP contribution in [-0.2, 0) is 24.2 Å². The number of ether oxygens (including phenoxy) is 2. The third-order valence-electron chi connectivity index (χ3n) is 1.98. The van der Waals surface area contributed by atoms with Crippen LogP contribution in [0.2, 0.25) is 0 Å². The van der Waals surface area contributed by atoms with Gasteiger partial charge in [0.2, 0.25) is 12.0 Å². The summed E-state index contributed by atoms with van der Waals surface area (Å²) in [5, 5.41) is 0. The van der Waals surface area contributed by atoms with E-state index in [4.69, 9.17) is 30.8 Å². The van der Waals surface area contributed by atoms with E-state index in [2.05, 4.69) is 9.72 Å². The van der Waals surface area contributed by atoms with Crippen molar-refractivity contribution in [1.29, 1.82) is 0 Å². The molecule has 1 rings (SSSR count). The van der Waals surface area contributed by atoms with Crippen LogP contribution < -0.4 is 10.5 Å². The van der Waals surface area contributed by atoms with Crippen molar-refractivity contribution in [3.8, 4) is 5.88 Å². The van der Waals surface area contributed by atoms with E-state index in [0.29, 0.717) is 18.5 Å². The van der Waals surface area contributed by atoms with Gasteiger partial charge in [-0.15, -0.1) is 0 Å². The average molecular weight is 380 g/mol. The first-order valence-electron chi connectivity index (χ1n) is 5.10. The van der Waals surface area contributed by atoms with E-state index in [0.717, 1.165) is 0 Å². The summed E-state index contributed by atoms with van der Waals surface area (Å²) < 4.78 is 46.8. The molecule has 0 amide bonds. The number of hydrogen-bond acceptors (Lipinski definition) is 4. The second-order valence-corrected chi connectivity index (χ2v) is 5.08. The summed E-state index contributed by atoms with van der Waals surface area (Å²) in [5.41, 5.74) is 6.01. The molecule has 20 heavy (non-hydrogen) atoms. The maximum absolute atomic E-state index is 12.5. The third kappa shape index (κ3) is 8.13. The molecule has 2 N–H and O–H groups in total. The zero-order valence-corrected chi connectivity index (χ0v) is 12.8. The fourth-order valence-electron chi connectivity index (χ4n) is 1.13. The van der Waals surface area contributed by atoms with Gasteiger partial charge in [-0.25, -0.2) is 4.98 Å². The predicted molar refractivity (Wildman–Crippen MR) is 66.2 cm³/mol. The Morgan fingerprint density at radius 1 is 1.45 bits per heavy atom. The molecule has 0 saturated carbocycles. The van der Waals surface area contributed by atoms with Crippen LogP contribution >= 0.6 is 20.3 Å². The van der Waals surface area contributed by atoms with Gasteiger partial charge in [0.05, 0.1) is 6.61 Å². The van der Waals surface area contributed by atoms with E-state index >= 15 is 0 Å². The number of hydrogen-bond donors (Lipinski definition) is 1. The number of nitrogens with zero attached hydrogens (tertiary/aromatic N) is 1. The molecule has 0 aliphatic rings. The molecule has 1 heterocycles. The Kier molecular flexibility index (Phi) is 10.3. The number of pyridine rings is 1. The molecule has 1 aromatic heterocycles. The molecule has 0 aromatic carbocycles. The monoisotopic (exact) mass is 379 g/mol. The van der Waals surface area contributed by atoms with Crippen LogP contribution in [0.15, 0.2) is 18.3 Å². The number of rotatable bonds is 5. The normalized spacial score (nSPS) is 12.6. The van der Waals surface area contributed by atoms with Crippen LogP contribution in [0.5, 0.6) is 5.88 Å². The molecule has 0 radical (unpaired) electrons. The zero-order valence-electron chi connectivity index (χ0n) is 10.3. The Balaban J connectivity index is 0.00000110. The summed E-state index contributed by atoms with van der Waals surface area (Å²) >= 11 is 0.382. The van der Waals surface area contributed by atoms with Crippen molar-refractivity contribution in [3.63, 3.8) is 0 Å². The minimum absolute atomic E-state index is 0.118. The molecule has 1 unspecified atom stereocenters. The molecule has 0 spiro atoms. The Morgan fingerprint density at radius 2 is 2.05 bits per heavy atom. The first-order valence-corrected chi connectivity index (χ1v) is 7.96. The molecule has 0 saturated heterocycles. The van der Waals surface area contributed by atoms with Crippen molar-refractivity contribution in [1.82, 2.24) is 4.98 Å². The first-order chi connectivity index (χ1) is 9.38. The van der Waals surface area contributed by atoms with E-state index in [1.54, 1.807) is 6.07 Å². The quantitative estimate of drug-likeness (QED) is 0.854. The second-order valence-electron chi connectivity index (χ2n) is 3.36. The van der Waals surface area contributed by atoms with Gasteiger partial charge < -0.3 is 15.2 Å². The van der Waals surface area contributed by atoms with E-state index in [1.807, 2.05) is 0 Å². The van der Waals surface area contributed by atoms with Gasteiger partial charge in [-0.05, 0) is 11.6 Å². The average Bonchev–Trinajstić information content (AvgIpc) is 2.38. The molecular formula is C10H13Cl2CoF3N2O2. The van der Waals surface area contributed by atoms with Crippen LogP contribution in [0.3, 0.4) is 0 Å². The van der Waals surface area contributed by atoms with Gasteiger partial charge in [0.1, 0.15) is 0 Å². The molecular weight excluding hydrogens is 367 g/mol. The molecule has 119 valence electrons. The molecule has 0 bridgehead atoms. The molecule has 1 atom stereocenters. The minimum atomic E-state index is -4.50. The van der Waals surface area contributed by atoms with Gasteiger partial charge in [-0.2, -0.15) is 13.2 Å². The van der Waals surface area contributed by atoms with E-state index in [1.165, 1.54) is 19.4 Å². The van der Waals surface area contributed by atoms with Gasteiger partial charge in [0, 0.05) is 25.9 Å². The molecule has 4 nitrogen and oxygen atoms in total. The summed E-state index contributed by atoms with van der Waals surface area (Å²) in [6.07, 6.45) is -5.19. The van der Waals surface area contributed by atoms with Crippen LogP contribution in [-0.4, -0.2) is 31.0 Å². The van der Waals surface area contributed by atoms with E-state index in [9.17, 15) is 13.2 Å². The zero-order chi connectivity index (χ0) is 15.6. The molecule has 0 aliphatic carbocycles. The molecule has 10 heteroatoms. The fourth-order valence-corrected chi connectivity index (χ4v) is 1.13. The van der Waals surface area contributed by atoms with Gasteiger partial charge in [-0.3, -0.25) is 0 Å². The molecule has 0 aliphatic heterocycles. The number of halogens is 5. The van der Waals surface area contributed by atoms with Crippen LogP contribution in [0.25, 0.3) is 0 Å². The van der Waals surface area contributed by atoms with Crippen molar-refractivity contribution < 1.29 is 35.5 Å². The van der Waals surface area contributed by atoms with Gasteiger partial charge in [0.15, 0.2) is 0 Å². The first kappa shape index (κ1) is 19.7. The van der Waals surface area contributed by atoms with Crippen molar-refractivity contribution in [2.45, 2.75) is 18.8 Å². The van der Waals surface area contributed by atoms with E-state index < -0.39 is 18.9 Å². The molecule has 1 aromatic rings. The van der Waals surface area contributed by atoms with Crippen molar-refractivity contribution in [2.24, 2.45) is 5.73 Å². The summed E-state index contributed by atoms with van der Waals surface area (Å²) in [7, 11) is 10.6. The third-order valence-corrected chi connectivity index (χ3v) is 1.98. The van der Waals surface area contributed by atoms with Crippen LogP contribution in [0.4, 0.5) is 13.2 Å². The van der Waals surface area contributed by atoms with Gasteiger partial charge in [-0.1, -0.05) is 0 Å². The van der Waals surface area contributed by atoms with Crippen LogP contribution in [0.1, 0.15) is 5.56 Å². The van der Waals surface area contributed by atoms with E-state index in [-0.39, 0.29) is 12.4 Å². The Morgan fingerprint density at radius 3 is 2.50 bits per heavy atom. The summed E-state index contributed by atoms with van der Waals surface area (Å²) in [4.78, 5) is 3.69. The number of methoxy groups -OCH3 is 1. The Labute approximate surface area is 129 Å². The summed E-state index contributed by atoms with van der Waals surface area (Å²) in [6, 6.07) is 2.97. The Bertz CT molecular complexity index is 386. The van der Waals surface area contributed by atoms with Crippen LogP contribution in [0, 0.1) is 0 Å². The number of nitrogens with two attached hydrogens (primary N) is 1. The van der Waals surface area contributed by atoms with Crippen molar-refractivity contribution in [3.05, 3.63) is 23.9 Å². The second kappa shape index (κ2) is 10.5. The number of alkyl halides is 3. The maximum atomic E-state index is 12.5. The Hall–Kier alpha value is -0.254. The SMILES string of the molecule is COCC(Oc1cc(CN)ccn1)C(F)(F)F.[Cl][Co][Cl]. The number of aromatic nitrogens is 1. The van der Waals surface area contributed by atoms with Gasteiger partial charge in [0.25, 0.3) is 0 Å². The van der Waals surface area contributed by atoms with Crippen molar-refractivity contribution >= 4 is 20.3 Å². The summed E-state index contributed by atoms with van der Waals surface area (Å²) in [5.74, 6) is -0.118. The topological polar surface area (TPSA) is 57.4 Å². The predicted octanol–water partition coefficient (Wildman–Crippen LogP) is 2.87. The standard InChI is InChI=1S/C10H13F3N2O2.2ClH.Co/c1-16-6-8(10(11,12)13)17-9-4-7(5-14)2-3-15-9;;;/h2-4,8H,5-6,14H2,1H3;2*1H;/q;;;+2/p-2. The summed E-state index contributed by atoms with van der Waals surface area (Å²) in [6.45, 7) is -0.377. The van der Waals surface area contributed by atoms with Gasteiger partial charge >= 0.3 is 39.4 Å².